The zero-order valence-electron chi connectivity index (χ0n) is 17.0. The van der Waals surface area contributed by atoms with Gasteiger partial charge in [-0.15, -0.1) is 0 Å². The van der Waals surface area contributed by atoms with E-state index < -0.39 is 9.84 Å². The Bertz CT molecular complexity index is 1220. The Hall–Kier alpha value is -2.31. The summed E-state index contributed by atoms with van der Waals surface area (Å²) in [5.74, 6) is 0.00739. The largest absolute Gasteiger partial charge is 0.464 e. The van der Waals surface area contributed by atoms with Crippen LogP contribution >= 0.6 is 11.6 Å². The Morgan fingerprint density at radius 3 is 2.73 bits per heavy atom. The lowest BCUT2D eigenvalue weighted by Gasteiger charge is -2.28. The van der Waals surface area contributed by atoms with Gasteiger partial charge >= 0.3 is 0 Å². The van der Waals surface area contributed by atoms with Gasteiger partial charge in [0.15, 0.2) is 9.84 Å². The zero-order valence-corrected chi connectivity index (χ0v) is 18.6. The van der Waals surface area contributed by atoms with Crippen molar-refractivity contribution < 1.29 is 17.6 Å². The van der Waals surface area contributed by atoms with E-state index in [-0.39, 0.29) is 29.9 Å². The molecule has 1 aliphatic rings. The minimum atomic E-state index is -3.12. The van der Waals surface area contributed by atoms with Gasteiger partial charge in [0, 0.05) is 28.6 Å². The van der Waals surface area contributed by atoms with Crippen LogP contribution in [0.5, 0.6) is 0 Å². The molecule has 1 aliphatic heterocycles. The lowest BCUT2D eigenvalue weighted by molar-refractivity contribution is -0.133. The van der Waals surface area contributed by atoms with E-state index >= 15 is 0 Å². The van der Waals surface area contributed by atoms with Crippen molar-refractivity contribution in [1.82, 2.24) is 4.90 Å². The lowest BCUT2D eigenvalue weighted by atomic mass is 10.0. The molecule has 30 heavy (non-hydrogen) atoms. The van der Waals surface area contributed by atoms with Gasteiger partial charge in [-0.3, -0.25) is 4.79 Å². The predicted molar refractivity (Wildman–Crippen MR) is 118 cm³/mol. The summed E-state index contributed by atoms with van der Waals surface area (Å²) in [7, 11) is -3.12. The number of fused-ring (bicyclic) bond motifs is 1. The summed E-state index contributed by atoms with van der Waals surface area (Å²) in [6.45, 7) is 4.34. The van der Waals surface area contributed by atoms with E-state index in [0.29, 0.717) is 18.0 Å². The highest BCUT2D eigenvalue weighted by Gasteiger charge is 2.35. The number of nitrogens with zero attached hydrogens (tertiary/aromatic N) is 1. The van der Waals surface area contributed by atoms with Crippen molar-refractivity contribution in [2.45, 2.75) is 39.3 Å². The highest BCUT2D eigenvalue weighted by Crippen LogP contribution is 2.28. The molecule has 0 bridgehead atoms. The fraction of sp³-hybridized carbons (Fsp3) is 0.348. The van der Waals surface area contributed by atoms with E-state index in [9.17, 15) is 13.2 Å². The molecule has 0 aliphatic carbocycles. The second-order valence-electron chi connectivity index (χ2n) is 8.10. The van der Waals surface area contributed by atoms with Crippen LogP contribution in [-0.4, -0.2) is 36.8 Å². The smallest absolute Gasteiger partial charge is 0.227 e. The van der Waals surface area contributed by atoms with Crippen LogP contribution in [-0.2, 0) is 27.6 Å². The summed E-state index contributed by atoms with van der Waals surface area (Å²) in [5.41, 5.74) is 4.63. The minimum Gasteiger partial charge on any atom is -0.464 e. The van der Waals surface area contributed by atoms with Crippen LogP contribution in [0.3, 0.4) is 0 Å². The summed E-state index contributed by atoms with van der Waals surface area (Å²) in [5, 5.41) is 1.54. The van der Waals surface area contributed by atoms with Crippen molar-refractivity contribution >= 4 is 38.3 Å². The summed E-state index contributed by atoms with van der Waals surface area (Å²) < 4.78 is 29.8. The number of carbonyl (C=O) groups is 1. The molecule has 7 heteroatoms. The summed E-state index contributed by atoms with van der Waals surface area (Å²) >= 11 is 6.11. The maximum Gasteiger partial charge on any atom is 0.227 e. The molecule has 0 spiro atoms. The normalized spacial score (nSPS) is 18.0. The Morgan fingerprint density at radius 2 is 2.03 bits per heavy atom. The van der Waals surface area contributed by atoms with E-state index in [2.05, 4.69) is 6.07 Å². The van der Waals surface area contributed by atoms with Gasteiger partial charge in [-0.2, -0.15) is 0 Å². The third-order valence-electron chi connectivity index (χ3n) is 5.65. The van der Waals surface area contributed by atoms with Crippen LogP contribution in [0.1, 0.15) is 28.7 Å². The molecule has 0 saturated carbocycles. The number of furan rings is 1. The van der Waals surface area contributed by atoms with Crippen molar-refractivity contribution in [3.63, 3.8) is 0 Å². The average Bonchev–Trinajstić information content (AvgIpc) is 3.22. The van der Waals surface area contributed by atoms with Gasteiger partial charge < -0.3 is 9.32 Å². The SMILES string of the molecule is Cc1cc(C)c2c(CC(=O)N(Cc3cccc(Cl)c3)C3CCS(=O)(=O)C3)coc2c1. The van der Waals surface area contributed by atoms with Gasteiger partial charge in [-0.05, 0) is 55.2 Å². The van der Waals surface area contributed by atoms with Gasteiger partial charge in [0.1, 0.15) is 5.58 Å². The van der Waals surface area contributed by atoms with Gasteiger partial charge in [-0.1, -0.05) is 29.8 Å². The lowest BCUT2D eigenvalue weighted by Crippen LogP contribution is -2.41. The second-order valence-corrected chi connectivity index (χ2v) is 10.8. The summed E-state index contributed by atoms with van der Waals surface area (Å²) in [6, 6.07) is 11.0. The van der Waals surface area contributed by atoms with Crippen LogP contribution in [0.2, 0.25) is 5.02 Å². The fourth-order valence-corrected chi connectivity index (χ4v) is 6.24. The Kier molecular flexibility index (Phi) is 5.64. The highest BCUT2D eigenvalue weighted by atomic mass is 35.5. The summed E-state index contributed by atoms with van der Waals surface area (Å²) in [4.78, 5) is 15.1. The van der Waals surface area contributed by atoms with Crippen molar-refractivity contribution in [2.75, 3.05) is 11.5 Å². The van der Waals surface area contributed by atoms with Crippen LogP contribution in [0, 0.1) is 13.8 Å². The Morgan fingerprint density at radius 1 is 1.23 bits per heavy atom. The molecule has 158 valence electrons. The number of aryl methyl sites for hydroxylation is 2. The van der Waals surface area contributed by atoms with E-state index in [4.69, 9.17) is 16.0 Å². The van der Waals surface area contributed by atoms with Crippen LogP contribution < -0.4 is 0 Å². The number of rotatable bonds is 5. The van der Waals surface area contributed by atoms with Gasteiger partial charge in [0.05, 0.1) is 24.2 Å². The first kappa shape index (κ1) is 20.9. The number of carbonyl (C=O) groups excluding carboxylic acids is 1. The van der Waals surface area contributed by atoms with E-state index in [1.165, 1.54) is 0 Å². The molecule has 3 aromatic rings. The molecule has 0 radical (unpaired) electrons. The molecule has 1 amide bonds. The molecule has 5 nitrogen and oxygen atoms in total. The molecule has 2 heterocycles. The third kappa shape index (κ3) is 4.40. The van der Waals surface area contributed by atoms with Crippen LogP contribution in [0.4, 0.5) is 0 Å². The molecule has 1 atom stereocenters. The number of sulfone groups is 1. The summed E-state index contributed by atoms with van der Waals surface area (Å²) in [6.07, 6.45) is 2.25. The van der Waals surface area contributed by atoms with Crippen molar-refractivity contribution in [3.05, 3.63) is 69.9 Å². The number of benzene rings is 2. The zero-order chi connectivity index (χ0) is 21.5. The monoisotopic (exact) mass is 445 g/mol. The average molecular weight is 446 g/mol. The Labute approximate surface area is 181 Å². The molecule has 2 aromatic carbocycles. The van der Waals surface area contributed by atoms with Crippen molar-refractivity contribution in [3.8, 4) is 0 Å². The third-order valence-corrected chi connectivity index (χ3v) is 7.63. The molecule has 1 fully saturated rings. The molecule has 4 rings (SSSR count). The number of hydrogen-bond acceptors (Lipinski definition) is 4. The van der Waals surface area contributed by atoms with Crippen LogP contribution in [0.15, 0.2) is 47.1 Å². The van der Waals surface area contributed by atoms with Crippen LogP contribution in [0.25, 0.3) is 11.0 Å². The molecular formula is C23H24ClNO4S. The molecular weight excluding hydrogens is 422 g/mol. The fourth-order valence-electron chi connectivity index (χ4n) is 4.30. The molecule has 1 saturated heterocycles. The maximum absolute atomic E-state index is 13.4. The number of hydrogen-bond donors (Lipinski definition) is 0. The van der Waals surface area contributed by atoms with E-state index in [1.807, 2.05) is 38.1 Å². The Balaban J connectivity index is 1.64. The molecule has 1 aromatic heterocycles. The first-order chi connectivity index (χ1) is 14.2. The second kappa shape index (κ2) is 8.08. The van der Waals surface area contributed by atoms with Crippen molar-refractivity contribution in [1.29, 1.82) is 0 Å². The van der Waals surface area contributed by atoms with Gasteiger partial charge in [0.25, 0.3) is 0 Å². The highest BCUT2D eigenvalue weighted by molar-refractivity contribution is 7.91. The van der Waals surface area contributed by atoms with Gasteiger partial charge in [0.2, 0.25) is 5.91 Å². The molecule has 0 N–H and O–H groups in total. The van der Waals surface area contributed by atoms with E-state index in [1.54, 1.807) is 17.2 Å². The first-order valence-electron chi connectivity index (χ1n) is 9.93. The van der Waals surface area contributed by atoms with Crippen molar-refractivity contribution in [2.24, 2.45) is 0 Å². The van der Waals surface area contributed by atoms with E-state index in [0.717, 1.165) is 33.2 Å². The molecule has 1 unspecified atom stereocenters. The quantitative estimate of drug-likeness (QED) is 0.581. The number of halogens is 1. The number of amides is 1. The minimum absolute atomic E-state index is 0.00363. The first-order valence-corrected chi connectivity index (χ1v) is 12.1. The standard InChI is InChI=1S/C23H24ClNO4S/c1-15-8-16(2)23-18(13-29-21(23)9-15)11-22(26)25(20-6-7-30(27,28)14-20)12-17-4-3-5-19(24)10-17/h3-5,8-10,13,20H,6-7,11-12,14H2,1-2H3. The topological polar surface area (TPSA) is 67.6 Å². The predicted octanol–water partition coefficient (Wildman–Crippen LogP) is 4.46. The van der Waals surface area contributed by atoms with Gasteiger partial charge in [-0.25, -0.2) is 8.42 Å². The maximum atomic E-state index is 13.4.